The lowest BCUT2D eigenvalue weighted by molar-refractivity contribution is 0.339. The summed E-state index contributed by atoms with van der Waals surface area (Å²) in [7, 11) is 2.11. The van der Waals surface area contributed by atoms with Gasteiger partial charge in [-0.2, -0.15) is 0 Å². The van der Waals surface area contributed by atoms with Crippen LogP contribution in [0.4, 0.5) is 5.95 Å². The Morgan fingerprint density at radius 3 is 2.56 bits per heavy atom. The zero-order valence-electron chi connectivity index (χ0n) is 11.7. The molecule has 2 rings (SSSR count). The first-order valence-corrected chi connectivity index (χ1v) is 6.87. The number of nitrogens with two attached hydrogens (primary N) is 1. The van der Waals surface area contributed by atoms with Crippen LogP contribution in [0.25, 0.3) is 0 Å². The molecule has 1 fully saturated rings. The van der Waals surface area contributed by atoms with Crippen molar-refractivity contribution in [1.29, 1.82) is 0 Å². The van der Waals surface area contributed by atoms with Gasteiger partial charge in [0.1, 0.15) is 0 Å². The molecule has 0 bridgehead atoms. The predicted octanol–water partition coefficient (Wildman–Crippen LogP) is 2.26. The van der Waals surface area contributed by atoms with Crippen LogP contribution in [-0.4, -0.2) is 23.1 Å². The lowest BCUT2D eigenvalue weighted by Crippen LogP contribution is -2.36. The van der Waals surface area contributed by atoms with Gasteiger partial charge in [0.2, 0.25) is 5.95 Å². The van der Waals surface area contributed by atoms with E-state index >= 15 is 0 Å². The van der Waals surface area contributed by atoms with Gasteiger partial charge in [-0.15, -0.1) is 0 Å². The molecule has 0 unspecified atom stereocenters. The van der Waals surface area contributed by atoms with Gasteiger partial charge in [-0.3, -0.25) is 0 Å². The molecule has 0 aromatic carbocycles. The van der Waals surface area contributed by atoms with E-state index in [-0.39, 0.29) is 0 Å². The summed E-state index contributed by atoms with van der Waals surface area (Å²) in [5.41, 5.74) is 7.60. The topological polar surface area (TPSA) is 55.0 Å². The van der Waals surface area contributed by atoms with Gasteiger partial charge in [0.05, 0.1) is 5.69 Å². The van der Waals surface area contributed by atoms with Crippen LogP contribution in [0.3, 0.4) is 0 Å². The normalized spacial score (nSPS) is 24.0. The summed E-state index contributed by atoms with van der Waals surface area (Å²) >= 11 is 0. The number of nitrogens with zero attached hydrogens (tertiary/aromatic N) is 3. The molecule has 0 aliphatic heterocycles. The average molecular weight is 248 g/mol. The van der Waals surface area contributed by atoms with Gasteiger partial charge in [-0.1, -0.05) is 6.92 Å². The second kappa shape index (κ2) is 5.65. The molecule has 0 atom stereocenters. The van der Waals surface area contributed by atoms with E-state index in [0.29, 0.717) is 12.6 Å². The van der Waals surface area contributed by atoms with Crippen LogP contribution in [0.1, 0.15) is 44.0 Å². The second-order valence-electron chi connectivity index (χ2n) is 5.53. The van der Waals surface area contributed by atoms with Crippen molar-refractivity contribution in [3.8, 4) is 0 Å². The van der Waals surface area contributed by atoms with Crippen molar-refractivity contribution in [2.75, 3.05) is 11.9 Å². The number of aryl methyl sites for hydroxylation is 1. The summed E-state index contributed by atoms with van der Waals surface area (Å²) in [6, 6.07) is 2.54. The van der Waals surface area contributed by atoms with Gasteiger partial charge >= 0.3 is 0 Å². The van der Waals surface area contributed by atoms with E-state index in [1.165, 1.54) is 25.7 Å². The second-order valence-corrected chi connectivity index (χ2v) is 5.53. The summed E-state index contributed by atoms with van der Waals surface area (Å²) < 4.78 is 0. The van der Waals surface area contributed by atoms with Crippen LogP contribution in [-0.2, 0) is 6.54 Å². The molecule has 4 heteroatoms. The van der Waals surface area contributed by atoms with Crippen molar-refractivity contribution in [2.24, 2.45) is 11.7 Å². The summed E-state index contributed by atoms with van der Waals surface area (Å²) in [6.45, 7) is 4.82. The van der Waals surface area contributed by atoms with Gasteiger partial charge in [0.25, 0.3) is 0 Å². The lowest BCUT2D eigenvalue weighted by Gasteiger charge is -2.33. The van der Waals surface area contributed by atoms with Gasteiger partial charge in [-0.05, 0) is 44.6 Å². The molecule has 0 saturated heterocycles. The molecule has 0 amide bonds. The Morgan fingerprint density at radius 1 is 1.28 bits per heavy atom. The highest BCUT2D eigenvalue weighted by molar-refractivity contribution is 5.33. The lowest BCUT2D eigenvalue weighted by atomic mass is 9.87. The molecule has 4 nitrogen and oxygen atoms in total. The Kier molecular flexibility index (Phi) is 4.17. The Hall–Kier alpha value is -1.16. The maximum atomic E-state index is 5.68. The smallest absolute Gasteiger partial charge is 0.225 e. The molecule has 1 saturated carbocycles. The minimum Gasteiger partial charge on any atom is -0.341 e. The molecule has 1 aliphatic rings. The van der Waals surface area contributed by atoms with Crippen LogP contribution < -0.4 is 10.6 Å². The minimum atomic E-state index is 0.478. The summed E-state index contributed by atoms with van der Waals surface area (Å²) in [5.74, 6) is 1.70. The molecular formula is C14H24N4. The Morgan fingerprint density at radius 2 is 1.94 bits per heavy atom. The highest BCUT2D eigenvalue weighted by Gasteiger charge is 2.23. The van der Waals surface area contributed by atoms with Crippen molar-refractivity contribution in [3.05, 3.63) is 17.5 Å². The summed E-state index contributed by atoms with van der Waals surface area (Å²) in [5, 5.41) is 0. The van der Waals surface area contributed by atoms with Crippen molar-refractivity contribution < 1.29 is 0 Å². The Balaban J connectivity index is 2.12. The van der Waals surface area contributed by atoms with E-state index in [0.717, 1.165) is 23.3 Å². The summed E-state index contributed by atoms with van der Waals surface area (Å²) in [6.07, 6.45) is 5.11. The maximum Gasteiger partial charge on any atom is 0.225 e. The molecular weight excluding hydrogens is 224 g/mol. The number of aromatic nitrogens is 2. The Bertz CT molecular complexity index is 397. The van der Waals surface area contributed by atoms with Crippen LogP contribution in [0.15, 0.2) is 6.07 Å². The zero-order chi connectivity index (χ0) is 13.1. The van der Waals surface area contributed by atoms with E-state index in [9.17, 15) is 0 Å². The third-order valence-electron chi connectivity index (χ3n) is 3.95. The van der Waals surface area contributed by atoms with E-state index < -0.39 is 0 Å². The minimum absolute atomic E-state index is 0.478. The first-order chi connectivity index (χ1) is 8.60. The van der Waals surface area contributed by atoms with E-state index in [4.69, 9.17) is 5.73 Å². The Labute approximate surface area is 110 Å². The third kappa shape index (κ3) is 2.99. The molecule has 0 radical (unpaired) electrons. The molecule has 0 spiro atoms. The fourth-order valence-electron chi connectivity index (χ4n) is 2.67. The number of hydrogen-bond acceptors (Lipinski definition) is 4. The SMILES string of the molecule is Cc1cc(CN)nc(N(C)C2CCC(C)CC2)n1. The monoisotopic (exact) mass is 248 g/mol. The fraction of sp³-hybridized carbons (Fsp3) is 0.714. The van der Waals surface area contributed by atoms with Crippen molar-refractivity contribution in [1.82, 2.24) is 9.97 Å². The molecule has 2 N–H and O–H groups in total. The van der Waals surface area contributed by atoms with Crippen molar-refractivity contribution in [2.45, 2.75) is 52.1 Å². The maximum absolute atomic E-state index is 5.68. The summed E-state index contributed by atoms with van der Waals surface area (Å²) in [4.78, 5) is 11.3. The van der Waals surface area contributed by atoms with Gasteiger partial charge in [0.15, 0.2) is 0 Å². The van der Waals surface area contributed by atoms with Crippen molar-refractivity contribution in [3.63, 3.8) is 0 Å². The standard InChI is InChI=1S/C14H24N4/c1-10-4-6-13(7-5-10)18(3)14-16-11(2)8-12(9-15)17-14/h8,10,13H,4-7,9,15H2,1-3H3. The number of rotatable bonds is 3. The molecule has 1 aromatic heterocycles. The van der Waals surface area contributed by atoms with E-state index in [1.54, 1.807) is 0 Å². The molecule has 1 heterocycles. The highest BCUT2D eigenvalue weighted by atomic mass is 15.3. The van der Waals surface area contributed by atoms with Crippen LogP contribution in [0, 0.1) is 12.8 Å². The van der Waals surface area contributed by atoms with E-state index in [1.807, 2.05) is 13.0 Å². The third-order valence-corrected chi connectivity index (χ3v) is 3.95. The predicted molar refractivity (Wildman–Crippen MR) is 74.5 cm³/mol. The van der Waals surface area contributed by atoms with E-state index in [2.05, 4.69) is 28.8 Å². The van der Waals surface area contributed by atoms with Crippen LogP contribution >= 0.6 is 0 Å². The van der Waals surface area contributed by atoms with Crippen LogP contribution in [0.5, 0.6) is 0 Å². The van der Waals surface area contributed by atoms with Gasteiger partial charge < -0.3 is 10.6 Å². The molecule has 1 aromatic rings. The largest absolute Gasteiger partial charge is 0.341 e. The number of hydrogen-bond donors (Lipinski definition) is 1. The first kappa shape index (κ1) is 13.3. The van der Waals surface area contributed by atoms with Crippen molar-refractivity contribution >= 4 is 5.95 Å². The average Bonchev–Trinajstić information content (AvgIpc) is 2.38. The van der Waals surface area contributed by atoms with Gasteiger partial charge in [0, 0.05) is 25.3 Å². The first-order valence-electron chi connectivity index (χ1n) is 6.87. The molecule has 1 aliphatic carbocycles. The van der Waals surface area contributed by atoms with Gasteiger partial charge in [-0.25, -0.2) is 9.97 Å². The highest BCUT2D eigenvalue weighted by Crippen LogP contribution is 2.28. The fourth-order valence-corrected chi connectivity index (χ4v) is 2.67. The number of anilines is 1. The molecule has 100 valence electrons. The molecule has 18 heavy (non-hydrogen) atoms. The zero-order valence-corrected chi connectivity index (χ0v) is 11.7. The quantitative estimate of drug-likeness (QED) is 0.891. The van der Waals surface area contributed by atoms with Crippen LogP contribution in [0.2, 0.25) is 0 Å².